The number of hydrogen-bond donors (Lipinski definition) is 1. The molecule has 1 unspecified atom stereocenters. The predicted molar refractivity (Wildman–Crippen MR) is 114 cm³/mol. The lowest BCUT2D eigenvalue weighted by Crippen LogP contribution is -2.35. The maximum absolute atomic E-state index is 14.6. The molecule has 3 atom stereocenters. The Hall–Kier alpha value is -2.77. The summed E-state index contributed by atoms with van der Waals surface area (Å²) in [6.45, 7) is 1.46. The third-order valence-electron chi connectivity index (χ3n) is 6.31. The molecular weight excluding hydrogens is 402 g/mol. The topological polar surface area (TPSA) is 67.3 Å². The van der Waals surface area contributed by atoms with E-state index in [4.69, 9.17) is 4.74 Å². The van der Waals surface area contributed by atoms with Crippen LogP contribution < -0.4 is 10.2 Å². The number of methoxy groups -OCH3 is 1. The van der Waals surface area contributed by atoms with Gasteiger partial charge in [0.2, 0.25) is 5.95 Å². The first kappa shape index (κ1) is 21.5. The molecule has 0 radical (unpaired) electrons. The first-order valence-electron chi connectivity index (χ1n) is 10.9. The zero-order chi connectivity index (χ0) is 21.8. The number of halogens is 2. The van der Waals surface area contributed by atoms with Gasteiger partial charge in [-0.3, -0.25) is 4.79 Å². The van der Waals surface area contributed by atoms with Crippen molar-refractivity contribution in [3.63, 3.8) is 0 Å². The predicted octanol–water partition coefficient (Wildman–Crippen LogP) is 4.28. The molecule has 0 bridgehead atoms. The van der Waals surface area contributed by atoms with Gasteiger partial charge in [0.1, 0.15) is 5.82 Å². The van der Waals surface area contributed by atoms with Gasteiger partial charge in [0.25, 0.3) is 0 Å². The van der Waals surface area contributed by atoms with Crippen LogP contribution in [0.4, 0.5) is 20.4 Å². The number of aromatic nitrogens is 2. The normalized spacial score (nSPS) is 24.0. The lowest BCUT2D eigenvalue weighted by Gasteiger charge is -2.34. The minimum atomic E-state index is -0.410. The summed E-state index contributed by atoms with van der Waals surface area (Å²) in [4.78, 5) is 22.7. The van der Waals surface area contributed by atoms with Gasteiger partial charge in [-0.25, -0.2) is 18.7 Å². The fraction of sp³-hybridized carbons (Fsp3) is 0.522. The summed E-state index contributed by atoms with van der Waals surface area (Å²) >= 11 is 0. The summed E-state index contributed by atoms with van der Waals surface area (Å²) in [5.41, 5.74) is 1.33. The van der Waals surface area contributed by atoms with Crippen LogP contribution in [0, 0.1) is 17.6 Å². The van der Waals surface area contributed by atoms with Crippen molar-refractivity contribution in [3.05, 3.63) is 47.8 Å². The molecule has 8 heteroatoms. The average Bonchev–Trinajstić information content (AvgIpc) is 2.80. The molecule has 1 N–H and O–H groups in total. The van der Waals surface area contributed by atoms with E-state index in [2.05, 4.69) is 20.2 Å². The molecule has 166 valence electrons. The SMILES string of the molecule is COC(=O)[C@H]1CCC[C@@H](Nc2ncc(F)c(C3CCCN(c4ccc(F)cc4)C3)n2)C1. The van der Waals surface area contributed by atoms with Crippen LogP contribution in [0.2, 0.25) is 0 Å². The lowest BCUT2D eigenvalue weighted by molar-refractivity contribution is -0.146. The second-order valence-electron chi connectivity index (χ2n) is 8.42. The van der Waals surface area contributed by atoms with Crippen LogP contribution in [0.25, 0.3) is 0 Å². The third kappa shape index (κ3) is 5.11. The van der Waals surface area contributed by atoms with Crippen LogP contribution in [0.15, 0.2) is 30.5 Å². The van der Waals surface area contributed by atoms with Gasteiger partial charge in [0, 0.05) is 30.7 Å². The molecular formula is C23H28F2N4O2. The van der Waals surface area contributed by atoms with E-state index in [1.54, 1.807) is 12.1 Å². The number of benzene rings is 1. The fourth-order valence-electron chi connectivity index (χ4n) is 4.71. The average molecular weight is 430 g/mol. The molecule has 31 heavy (non-hydrogen) atoms. The van der Waals surface area contributed by atoms with Crippen LogP contribution >= 0.6 is 0 Å². The second-order valence-corrected chi connectivity index (χ2v) is 8.42. The molecule has 2 aromatic rings. The smallest absolute Gasteiger partial charge is 0.308 e. The summed E-state index contributed by atoms with van der Waals surface area (Å²) < 4.78 is 32.8. The quantitative estimate of drug-likeness (QED) is 0.714. The standard InChI is InChI=1S/C23H28F2N4O2/c1-31-22(30)15-4-2-6-18(12-15)27-23-26-13-20(25)21(28-23)16-5-3-11-29(14-16)19-9-7-17(24)8-10-19/h7-10,13,15-16,18H,2-6,11-12,14H2,1H3,(H,26,27,28)/t15-,16?,18+/m0/s1. The first-order chi connectivity index (χ1) is 15.0. The number of rotatable bonds is 5. The van der Waals surface area contributed by atoms with Gasteiger partial charge in [0.05, 0.1) is 24.9 Å². The Morgan fingerprint density at radius 2 is 1.97 bits per heavy atom. The highest BCUT2D eigenvalue weighted by atomic mass is 19.1. The van der Waals surface area contributed by atoms with Crippen molar-refractivity contribution < 1.29 is 18.3 Å². The summed E-state index contributed by atoms with van der Waals surface area (Å²) in [7, 11) is 1.41. The fourth-order valence-corrected chi connectivity index (χ4v) is 4.71. The molecule has 0 spiro atoms. The minimum absolute atomic E-state index is 0.0539. The Morgan fingerprint density at radius 1 is 1.16 bits per heavy atom. The largest absolute Gasteiger partial charge is 0.469 e. The Labute approximate surface area is 181 Å². The highest BCUT2D eigenvalue weighted by molar-refractivity contribution is 5.72. The van der Waals surface area contributed by atoms with Gasteiger partial charge in [-0.15, -0.1) is 0 Å². The summed E-state index contributed by atoms with van der Waals surface area (Å²) in [6.07, 6.45) is 6.26. The Morgan fingerprint density at radius 3 is 2.74 bits per heavy atom. The molecule has 1 aliphatic heterocycles. The molecule has 2 aliphatic rings. The van der Waals surface area contributed by atoms with Crippen molar-refractivity contribution in [1.82, 2.24) is 9.97 Å². The number of nitrogens with one attached hydrogen (secondary N) is 1. The molecule has 1 saturated carbocycles. The van der Waals surface area contributed by atoms with Crippen LogP contribution in [-0.4, -0.2) is 42.2 Å². The number of carbonyl (C=O) groups is 1. The molecule has 1 aromatic carbocycles. The molecule has 0 amide bonds. The van der Waals surface area contributed by atoms with E-state index in [9.17, 15) is 13.6 Å². The molecule has 2 heterocycles. The Balaban J connectivity index is 1.46. The lowest BCUT2D eigenvalue weighted by atomic mass is 9.86. The summed E-state index contributed by atoms with van der Waals surface area (Å²) in [5, 5.41) is 3.29. The molecule has 1 aliphatic carbocycles. The van der Waals surface area contributed by atoms with Gasteiger partial charge < -0.3 is 15.0 Å². The van der Waals surface area contributed by atoms with Crippen molar-refractivity contribution in [3.8, 4) is 0 Å². The van der Waals surface area contributed by atoms with Crippen LogP contribution in [0.3, 0.4) is 0 Å². The number of hydrogen-bond acceptors (Lipinski definition) is 6. The van der Waals surface area contributed by atoms with E-state index in [1.165, 1.54) is 25.4 Å². The molecule has 1 saturated heterocycles. The van der Waals surface area contributed by atoms with E-state index in [0.717, 1.165) is 44.3 Å². The minimum Gasteiger partial charge on any atom is -0.469 e. The Kier molecular flexibility index (Phi) is 6.63. The van der Waals surface area contributed by atoms with Gasteiger partial charge in [-0.2, -0.15) is 0 Å². The highest BCUT2D eigenvalue weighted by Gasteiger charge is 2.29. The number of carbonyl (C=O) groups excluding carboxylic acids is 1. The number of piperidine rings is 1. The van der Waals surface area contributed by atoms with E-state index in [0.29, 0.717) is 24.6 Å². The molecule has 4 rings (SSSR count). The van der Waals surface area contributed by atoms with E-state index < -0.39 is 5.82 Å². The van der Waals surface area contributed by atoms with Crippen molar-refractivity contribution in [2.24, 2.45) is 5.92 Å². The van der Waals surface area contributed by atoms with E-state index in [1.807, 2.05) is 0 Å². The first-order valence-corrected chi connectivity index (χ1v) is 10.9. The van der Waals surface area contributed by atoms with Gasteiger partial charge in [-0.1, -0.05) is 6.42 Å². The monoisotopic (exact) mass is 430 g/mol. The second kappa shape index (κ2) is 9.58. The third-order valence-corrected chi connectivity index (χ3v) is 6.31. The van der Waals surface area contributed by atoms with Gasteiger partial charge in [0.15, 0.2) is 5.82 Å². The Bertz CT molecular complexity index is 909. The molecule has 2 fully saturated rings. The molecule has 6 nitrogen and oxygen atoms in total. The number of anilines is 2. The van der Waals surface area contributed by atoms with Crippen LogP contribution in [0.1, 0.15) is 50.1 Å². The molecule has 1 aromatic heterocycles. The van der Waals surface area contributed by atoms with Crippen molar-refractivity contribution in [1.29, 1.82) is 0 Å². The summed E-state index contributed by atoms with van der Waals surface area (Å²) in [5.74, 6) is -0.670. The van der Waals surface area contributed by atoms with E-state index >= 15 is 0 Å². The van der Waals surface area contributed by atoms with E-state index in [-0.39, 0.29) is 29.7 Å². The van der Waals surface area contributed by atoms with Gasteiger partial charge in [-0.05, 0) is 56.4 Å². The summed E-state index contributed by atoms with van der Waals surface area (Å²) in [6, 6.07) is 6.44. The maximum atomic E-state index is 14.6. The van der Waals surface area contributed by atoms with Crippen molar-refractivity contribution in [2.45, 2.75) is 50.5 Å². The van der Waals surface area contributed by atoms with Crippen molar-refractivity contribution >= 4 is 17.6 Å². The maximum Gasteiger partial charge on any atom is 0.308 e. The van der Waals surface area contributed by atoms with Crippen LogP contribution in [0.5, 0.6) is 0 Å². The number of ether oxygens (including phenoxy) is 1. The number of nitrogens with zero attached hydrogens (tertiary/aromatic N) is 3. The zero-order valence-electron chi connectivity index (χ0n) is 17.7. The van der Waals surface area contributed by atoms with Crippen molar-refractivity contribution in [2.75, 3.05) is 30.4 Å². The zero-order valence-corrected chi connectivity index (χ0v) is 17.7. The number of esters is 1. The van der Waals surface area contributed by atoms with Crippen LogP contribution in [-0.2, 0) is 9.53 Å². The highest BCUT2D eigenvalue weighted by Crippen LogP contribution is 2.32. The van der Waals surface area contributed by atoms with Gasteiger partial charge >= 0.3 is 5.97 Å².